The molecule has 7 nitrogen and oxygen atoms in total. The van der Waals surface area contributed by atoms with E-state index < -0.39 is 0 Å². The van der Waals surface area contributed by atoms with Gasteiger partial charge >= 0.3 is 0 Å². The summed E-state index contributed by atoms with van der Waals surface area (Å²) >= 11 is 0. The van der Waals surface area contributed by atoms with E-state index in [0.717, 1.165) is 30.2 Å². The highest BCUT2D eigenvalue weighted by atomic mass is 16.2. The molecule has 1 aromatic carbocycles. The topological polar surface area (TPSA) is 68.8 Å². The SMILES string of the molecule is CC(=O)N1CCN(c2cncc(C(=O)Nc3ccc(N(C)C)cc3)c2)CC1. The Morgan fingerprint density at radius 2 is 1.70 bits per heavy atom. The second-order valence-corrected chi connectivity index (χ2v) is 6.82. The predicted octanol–water partition coefficient (Wildman–Crippen LogP) is 2.07. The zero-order valence-electron chi connectivity index (χ0n) is 16.0. The van der Waals surface area contributed by atoms with Crippen molar-refractivity contribution in [1.82, 2.24) is 9.88 Å². The molecule has 1 fully saturated rings. The lowest BCUT2D eigenvalue weighted by atomic mass is 10.2. The second kappa shape index (κ2) is 8.07. The number of piperazine rings is 1. The standard InChI is InChI=1S/C20H25N5O2/c1-15(26)24-8-10-25(11-9-24)19-12-16(13-21-14-19)20(27)22-17-4-6-18(7-5-17)23(2)3/h4-7,12-14H,8-11H2,1-3H3,(H,22,27). The van der Waals surface area contributed by atoms with E-state index in [-0.39, 0.29) is 11.8 Å². The third-order valence-corrected chi connectivity index (χ3v) is 4.72. The van der Waals surface area contributed by atoms with Gasteiger partial charge in [0.1, 0.15) is 0 Å². The molecule has 2 heterocycles. The van der Waals surface area contributed by atoms with Gasteiger partial charge in [-0.25, -0.2) is 0 Å². The molecule has 1 saturated heterocycles. The van der Waals surface area contributed by atoms with E-state index in [4.69, 9.17) is 0 Å². The summed E-state index contributed by atoms with van der Waals surface area (Å²) < 4.78 is 0. The van der Waals surface area contributed by atoms with Crippen molar-refractivity contribution < 1.29 is 9.59 Å². The van der Waals surface area contributed by atoms with Gasteiger partial charge < -0.3 is 20.0 Å². The number of carbonyl (C=O) groups excluding carboxylic acids is 2. The zero-order chi connectivity index (χ0) is 19.4. The molecule has 27 heavy (non-hydrogen) atoms. The monoisotopic (exact) mass is 367 g/mol. The Morgan fingerprint density at radius 3 is 2.30 bits per heavy atom. The van der Waals surface area contributed by atoms with Crippen LogP contribution in [0.2, 0.25) is 0 Å². The number of aromatic nitrogens is 1. The molecule has 3 rings (SSSR count). The van der Waals surface area contributed by atoms with E-state index in [1.54, 1.807) is 19.3 Å². The number of amides is 2. The molecule has 1 N–H and O–H groups in total. The van der Waals surface area contributed by atoms with Crippen LogP contribution in [0.3, 0.4) is 0 Å². The molecule has 2 amide bonds. The van der Waals surface area contributed by atoms with Crippen molar-refractivity contribution in [1.29, 1.82) is 0 Å². The second-order valence-electron chi connectivity index (χ2n) is 6.82. The molecule has 0 saturated carbocycles. The van der Waals surface area contributed by atoms with E-state index in [1.807, 2.05) is 54.2 Å². The quantitative estimate of drug-likeness (QED) is 0.896. The Labute approximate surface area is 159 Å². The Bertz CT molecular complexity index is 811. The summed E-state index contributed by atoms with van der Waals surface area (Å²) in [7, 11) is 3.95. The van der Waals surface area contributed by atoms with Gasteiger partial charge in [-0.15, -0.1) is 0 Å². The Hall–Kier alpha value is -3.09. The number of anilines is 3. The normalized spacial score (nSPS) is 14.0. The Balaban J connectivity index is 1.66. The van der Waals surface area contributed by atoms with Crippen molar-refractivity contribution in [3.05, 3.63) is 48.3 Å². The zero-order valence-corrected chi connectivity index (χ0v) is 16.0. The van der Waals surface area contributed by atoms with Crippen molar-refractivity contribution in [3.8, 4) is 0 Å². The van der Waals surface area contributed by atoms with Crippen LogP contribution in [0.15, 0.2) is 42.7 Å². The van der Waals surface area contributed by atoms with E-state index in [2.05, 4.69) is 15.2 Å². The molecule has 0 aliphatic carbocycles. The Morgan fingerprint density at radius 1 is 1.04 bits per heavy atom. The van der Waals surface area contributed by atoms with E-state index in [9.17, 15) is 9.59 Å². The van der Waals surface area contributed by atoms with Gasteiger partial charge in [-0.2, -0.15) is 0 Å². The fourth-order valence-electron chi connectivity index (χ4n) is 3.05. The fourth-order valence-corrected chi connectivity index (χ4v) is 3.05. The summed E-state index contributed by atoms with van der Waals surface area (Å²) in [5.74, 6) is -0.0921. The largest absolute Gasteiger partial charge is 0.378 e. The van der Waals surface area contributed by atoms with Gasteiger partial charge in [0.05, 0.1) is 17.4 Å². The molecule has 7 heteroatoms. The summed E-state index contributed by atoms with van der Waals surface area (Å²) in [6.07, 6.45) is 3.32. The highest BCUT2D eigenvalue weighted by Crippen LogP contribution is 2.19. The van der Waals surface area contributed by atoms with Gasteiger partial charge in [0.15, 0.2) is 0 Å². The minimum absolute atomic E-state index is 0.0983. The van der Waals surface area contributed by atoms with Crippen LogP contribution < -0.4 is 15.1 Å². The summed E-state index contributed by atoms with van der Waals surface area (Å²) in [4.78, 5) is 34.2. The molecule has 2 aromatic rings. The van der Waals surface area contributed by atoms with Crippen molar-refractivity contribution >= 4 is 28.9 Å². The molecule has 142 valence electrons. The molecule has 0 bridgehead atoms. The maximum atomic E-state index is 12.6. The summed E-state index contributed by atoms with van der Waals surface area (Å²) in [5.41, 5.74) is 3.22. The minimum Gasteiger partial charge on any atom is -0.378 e. The van der Waals surface area contributed by atoms with Crippen LogP contribution in [-0.2, 0) is 4.79 Å². The smallest absolute Gasteiger partial charge is 0.257 e. The molecule has 0 spiro atoms. The molecule has 0 unspecified atom stereocenters. The lowest BCUT2D eigenvalue weighted by molar-refractivity contribution is -0.129. The number of nitrogens with one attached hydrogen (secondary N) is 1. The predicted molar refractivity (Wildman–Crippen MR) is 107 cm³/mol. The van der Waals surface area contributed by atoms with Crippen molar-refractivity contribution in [3.63, 3.8) is 0 Å². The number of pyridine rings is 1. The summed E-state index contributed by atoms with van der Waals surface area (Å²) in [6, 6.07) is 9.52. The van der Waals surface area contributed by atoms with Crippen LogP contribution in [0.25, 0.3) is 0 Å². The van der Waals surface area contributed by atoms with Crippen LogP contribution in [0.5, 0.6) is 0 Å². The average Bonchev–Trinajstić information content (AvgIpc) is 2.68. The molecule has 0 atom stereocenters. The number of benzene rings is 1. The van der Waals surface area contributed by atoms with Crippen LogP contribution in [-0.4, -0.2) is 62.0 Å². The lowest BCUT2D eigenvalue weighted by Gasteiger charge is -2.35. The van der Waals surface area contributed by atoms with Gasteiger partial charge in [-0.1, -0.05) is 0 Å². The third kappa shape index (κ3) is 4.55. The van der Waals surface area contributed by atoms with Gasteiger partial charge in [0.2, 0.25) is 5.91 Å². The summed E-state index contributed by atoms with van der Waals surface area (Å²) in [5, 5.41) is 2.91. The fraction of sp³-hybridized carbons (Fsp3) is 0.350. The van der Waals surface area contributed by atoms with Crippen LogP contribution in [0, 0.1) is 0 Å². The maximum absolute atomic E-state index is 12.6. The van der Waals surface area contributed by atoms with Crippen molar-refractivity contribution in [2.75, 3.05) is 55.4 Å². The van der Waals surface area contributed by atoms with Crippen molar-refractivity contribution in [2.45, 2.75) is 6.92 Å². The van der Waals surface area contributed by atoms with Gasteiger partial charge in [0, 0.05) is 64.8 Å². The average molecular weight is 367 g/mol. The number of hydrogen-bond acceptors (Lipinski definition) is 5. The van der Waals surface area contributed by atoms with Gasteiger partial charge in [-0.05, 0) is 30.3 Å². The third-order valence-electron chi connectivity index (χ3n) is 4.72. The molecule has 1 aliphatic heterocycles. The number of hydrogen-bond donors (Lipinski definition) is 1. The maximum Gasteiger partial charge on any atom is 0.257 e. The first-order valence-electron chi connectivity index (χ1n) is 8.98. The van der Waals surface area contributed by atoms with Crippen LogP contribution >= 0.6 is 0 Å². The molecule has 1 aliphatic rings. The highest BCUT2D eigenvalue weighted by molar-refractivity contribution is 6.04. The van der Waals surface area contributed by atoms with Crippen LogP contribution in [0.1, 0.15) is 17.3 Å². The molecular formula is C20H25N5O2. The first kappa shape index (κ1) is 18.7. The molecule has 0 radical (unpaired) electrons. The number of carbonyl (C=O) groups is 2. The van der Waals surface area contributed by atoms with Gasteiger partial charge in [0.25, 0.3) is 5.91 Å². The minimum atomic E-state index is -0.190. The first-order chi connectivity index (χ1) is 12.9. The lowest BCUT2D eigenvalue weighted by Crippen LogP contribution is -2.48. The van der Waals surface area contributed by atoms with Gasteiger partial charge in [-0.3, -0.25) is 14.6 Å². The summed E-state index contributed by atoms with van der Waals surface area (Å²) in [6.45, 7) is 4.43. The van der Waals surface area contributed by atoms with Crippen molar-refractivity contribution in [2.24, 2.45) is 0 Å². The molecule has 1 aromatic heterocycles. The Kier molecular flexibility index (Phi) is 5.59. The van der Waals surface area contributed by atoms with E-state index in [0.29, 0.717) is 18.7 Å². The highest BCUT2D eigenvalue weighted by Gasteiger charge is 2.19. The van der Waals surface area contributed by atoms with E-state index in [1.165, 1.54) is 0 Å². The van der Waals surface area contributed by atoms with Crippen LogP contribution in [0.4, 0.5) is 17.1 Å². The molecular weight excluding hydrogens is 342 g/mol. The number of nitrogens with zero attached hydrogens (tertiary/aromatic N) is 4. The number of rotatable bonds is 4. The van der Waals surface area contributed by atoms with E-state index >= 15 is 0 Å². The first-order valence-corrected chi connectivity index (χ1v) is 8.98.